The van der Waals surface area contributed by atoms with Gasteiger partial charge in [0.2, 0.25) is 0 Å². The minimum atomic E-state index is -0.621. The SMILES string of the molecule is CC(C)(C)OC(=O)N(CCc1nc(C(=O)NCc2cccc(N3CCCC3)c2)cs1)Cc1nc2ccccc2[nH]1. The number of hydrogen-bond acceptors (Lipinski definition) is 7. The van der Waals surface area contributed by atoms with Gasteiger partial charge in [-0.15, -0.1) is 11.3 Å². The smallest absolute Gasteiger partial charge is 0.410 e. The van der Waals surface area contributed by atoms with Crippen molar-refractivity contribution in [1.82, 2.24) is 25.2 Å². The number of rotatable bonds is 9. The number of hydrogen-bond donors (Lipinski definition) is 2. The Morgan fingerprint density at radius 1 is 1.10 bits per heavy atom. The number of para-hydroxylation sites is 2. The summed E-state index contributed by atoms with van der Waals surface area (Å²) in [4.78, 5) is 42.3. The lowest BCUT2D eigenvalue weighted by atomic mass is 10.2. The average Bonchev–Trinajstić information content (AvgIpc) is 3.69. The van der Waals surface area contributed by atoms with Crippen molar-refractivity contribution in [3.8, 4) is 0 Å². The zero-order valence-electron chi connectivity index (χ0n) is 23.3. The van der Waals surface area contributed by atoms with Crippen LogP contribution in [0.25, 0.3) is 11.0 Å². The van der Waals surface area contributed by atoms with Crippen molar-refractivity contribution in [1.29, 1.82) is 0 Å². The first-order valence-electron chi connectivity index (χ1n) is 13.7. The summed E-state index contributed by atoms with van der Waals surface area (Å²) in [7, 11) is 0. The Bertz CT molecular complexity index is 1430. The Balaban J connectivity index is 1.19. The third-order valence-electron chi connectivity index (χ3n) is 6.65. The number of anilines is 1. The number of thiazole rings is 1. The van der Waals surface area contributed by atoms with Crippen LogP contribution >= 0.6 is 11.3 Å². The molecule has 0 saturated carbocycles. The molecule has 2 amide bonds. The fourth-order valence-corrected chi connectivity index (χ4v) is 5.46. The molecule has 2 N–H and O–H groups in total. The van der Waals surface area contributed by atoms with E-state index in [2.05, 4.69) is 37.3 Å². The van der Waals surface area contributed by atoms with E-state index in [0.717, 1.165) is 34.7 Å². The number of ether oxygens (including phenoxy) is 1. The first kappa shape index (κ1) is 27.6. The fraction of sp³-hybridized carbons (Fsp3) is 0.400. The number of amides is 2. The molecule has 0 bridgehead atoms. The van der Waals surface area contributed by atoms with Gasteiger partial charge in [-0.1, -0.05) is 24.3 Å². The number of fused-ring (bicyclic) bond motifs is 1. The van der Waals surface area contributed by atoms with E-state index >= 15 is 0 Å². The molecule has 10 heteroatoms. The van der Waals surface area contributed by atoms with E-state index in [1.165, 1.54) is 29.9 Å². The van der Waals surface area contributed by atoms with Crippen molar-refractivity contribution in [3.05, 3.63) is 76.0 Å². The minimum Gasteiger partial charge on any atom is -0.444 e. The Labute approximate surface area is 238 Å². The molecular weight excluding hydrogens is 524 g/mol. The highest BCUT2D eigenvalue weighted by atomic mass is 32.1. The number of benzene rings is 2. The van der Waals surface area contributed by atoms with Gasteiger partial charge in [-0.3, -0.25) is 4.79 Å². The molecular formula is C30H36N6O3S. The van der Waals surface area contributed by atoms with Crippen molar-refractivity contribution >= 4 is 40.1 Å². The van der Waals surface area contributed by atoms with E-state index in [1.54, 1.807) is 10.3 Å². The molecule has 3 heterocycles. The van der Waals surface area contributed by atoms with Crippen LogP contribution in [-0.2, 0) is 24.2 Å². The van der Waals surface area contributed by atoms with Gasteiger partial charge in [-0.25, -0.2) is 14.8 Å². The van der Waals surface area contributed by atoms with Crippen molar-refractivity contribution in [3.63, 3.8) is 0 Å². The van der Waals surface area contributed by atoms with Gasteiger partial charge in [-0.2, -0.15) is 0 Å². The molecule has 5 rings (SSSR count). The summed E-state index contributed by atoms with van der Waals surface area (Å²) in [6.45, 7) is 8.80. The molecule has 0 radical (unpaired) electrons. The number of nitrogens with zero attached hydrogens (tertiary/aromatic N) is 4. The zero-order valence-corrected chi connectivity index (χ0v) is 24.1. The maximum Gasteiger partial charge on any atom is 0.410 e. The van der Waals surface area contributed by atoms with Crippen molar-refractivity contribution < 1.29 is 14.3 Å². The van der Waals surface area contributed by atoms with Crippen molar-refractivity contribution in [2.75, 3.05) is 24.5 Å². The third kappa shape index (κ3) is 7.18. The van der Waals surface area contributed by atoms with Crippen molar-refractivity contribution in [2.45, 2.75) is 58.7 Å². The summed E-state index contributed by atoms with van der Waals surface area (Å²) in [6.07, 6.45) is 2.53. The van der Waals surface area contributed by atoms with Gasteiger partial charge >= 0.3 is 6.09 Å². The van der Waals surface area contributed by atoms with Crippen LogP contribution in [0.5, 0.6) is 0 Å². The molecule has 0 aliphatic carbocycles. The summed E-state index contributed by atoms with van der Waals surface area (Å²) in [6, 6.07) is 16.1. The summed E-state index contributed by atoms with van der Waals surface area (Å²) in [5.41, 5.74) is 3.80. The summed E-state index contributed by atoms with van der Waals surface area (Å²) in [5, 5.41) is 5.53. The number of H-pyrrole nitrogens is 1. The fourth-order valence-electron chi connectivity index (χ4n) is 4.69. The second-order valence-corrected chi connectivity index (χ2v) is 12.0. The molecule has 1 saturated heterocycles. The molecule has 0 spiro atoms. The largest absolute Gasteiger partial charge is 0.444 e. The highest BCUT2D eigenvalue weighted by Crippen LogP contribution is 2.21. The topological polar surface area (TPSA) is 103 Å². The Kier molecular flexibility index (Phi) is 8.35. The standard InChI is InChI=1S/C30H36N6O3S/c1-30(2,3)39-29(38)36(19-26-32-23-11-4-5-12-24(23)33-26)16-13-27-34-25(20-40-27)28(37)31-18-21-9-8-10-22(17-21)35-14-6-7-15-35/h4-5,8-12,17,20H,6-7,13-16,18-19H2,1-3H3,(H,31,37)(H,32,33). The number of carbonyl (C=O) groups excluding carboxylic acids is 2. The predicted molar refractivity (Wildman–Crippen MR) is 158 cm³/mol. The first-order chi connectivity index (χ1) is 19.2. The van der Waals surface area contributed by atoms with E-state index < -0.39 is 11.7 Å². The zero-order chi connectivity index (χ0) is 28.1. The number of aromatic amines is 1. The summed E-state index contributed by atoms with van der Waals surface area (Å²) < 4.78 is 5.65. The normalized spacial score (nSPS) is 13.5. The van der Waals surface area contributed by atoms with Gasteiger partial charge < -0.3 is 24.8 Å². The van der Waals surface area contributed by atoms with E-state index in [4.69, 9.17) is 4.74 Å². The molecule has 210 valence electrons. The van der Waals surface area contributed by atoms with Crippen LogP contribution in [0, 0.1) is 0 Å². The number of aromatic nitrogens is 3. The maximum absolute atomic E-state index is 13.0. The summed E-state index contributed by atoms with van der Waals surface area (Å²) >= 11 is 1.41. The lowest BCUT2D eigenvalue weighted by Crippen LogP contribution is -2.37. The summed E-state index contributed by atoms with van der Waals surface area (Å²) in [5.74, 6) is 0.473. The number of imidazole rings is 1. The van der Waals surface area contributed by atoms with Gasteiger partial charge in [0.25, 0.3) is 5.91 Å². The van der Waals surface area contributed by atoms with Gasteiger partial charge in [0, 0.05) is 43.7 Å². The van der Waals surface area contributed by atoms with Gasteiger partial charge in [0.05, 0.1) is 22.6 Å². The maximum atomic E-state index is 13.0. The molecule has 4 aromatic rings. The molecule has 40 heavy (non-hydrogen) atoms. The Morgan fingerprint density at radius 2 is 1.90 bits per heavy atom. The third-order valence-corrected chi connectivity index (χ3v) is 7.55. The lowest BCUT2D eigenvalue weighted by Gasteiger charge is -2.26. The Hall–Kier alpha value is -3.92. The van der Waals surface area contributed by atoms with Crippen LogP contribution < -0.4 is 10.2 Å². The monoisotopic (exact) mass is 560 g/mol. The lowest BCUT2D eigenvalue weighted by molar-refractivity contribution is 0.0231. The van der Waals surface area contributed by atoms with Crippen LogP contribution in [-0.4, -0.2) is 57.1 Å². The number of nitrogens with one attached hydrogen (secondary N) is 2. The molecule has 9 nitrogen and oxygen atoms in total. The van der Waals surface area contributed by atoms with Crippen molar-refractivity contribution in [2.24, 2.45) is 0 Å². The highest BCUT2D eigenvalue weighted by molar-refractivity contribution is 7.09. The first-order valence-corrected chi connectivity index (χ1v) is 14.6. The quantitative estimate of drug-likeness (QED) is 0.279. The molecule has 1 fully saturated rings. The molecule has 1 aliphatic heterocycles. The number of carbonyl (C=O) groups is 2. The molecule has 1 aliphatic rings. The second kappa shape index (κ2) is 12.1. The van der Waals surface area contributed by atoms with E-state index in [9.17, 15) is 9.59 Å². The highest BCUT2D eigenvalue weighted by Gasteiger charge is 2.24. The van der Waals surface area contributed by atoms with E-state index in [0.29, 0.717) is 31.0 Å². The van der Waals surface area contributed by atoms with Gasteiger partial charge in [0.1, 0.15) is 17.1 Å². The Morgan fingerprint density at radius 3 is 2.67 bits per heavy atom. The average molecular weight is 561 g/mol. The van der Waals surface area contributed by atoms with Crippen LogP contribution in [0.4, 0.5) is 10.5 Å². The van der Waals surface area contributed by atoms with Crippen LogP contribution in [0.2, 0.25) is 0 Å². The molecule has 0 unspecified atom stereocenters. The van der Waals surface area contributed by atoms with Gasteiger partial charge in [0.15, 0.2) is 0 Å². The van der Waals surface area contributed by atoms with Crippen LogP contribution in [0.3, 0.4) is 0 Å². The predicted octanol–water partition coefficient (Wildman–Crippen LogP) is 5.53. The minimum absolute atomic E-state index is 0.208. The van der Waals surface area contributed by atoms with Gasteiger partial charge in [-0.05, 0) is 63.4 Å². The second-order valence-electron chi connectivity index (χ2n) is 11.0. The van der Waals surface area contributed by atoms with Crippen LogP contribution in [0.15, 0.2) is 53.9 Å². The van der Waals surface area contributed by atoms with E-state index in [1.807, 2.05) is 57.2 Å². The van der Waals surface area contributed by atoms with Crippen LogP contribution in [0.1, 0.15) is 60.5 Å². The molecule has 2 aromatic heterocycles. The molecule has 0 atom stereocenters. The molecule has 2 aromatic carbocycles. The van der Waals surface area contributed by atoms with E-state index in [-0.39, 0.29) is 12.5 Å².